The maximum absolute atomic E-state index is 14.4. The molecule has 3 aromatic rings. The first kappa shape index (κ1) is 26.1. The molecule has 4 heteroatoms. The number of benzene rings is 2. The van der Waals surface area contributed by atoms with Gasteiger partial charge in [-0.2, -0.15) is 5.10 Å². The number of anilines is 1. The first-order chi connectivity index (χ1) is 15.8. The Morgan fingerprint density at radius 1 is 1.09 bits per heavy atom. The number of aromatic nitrogens is 2. The second kappa shape index (κ2) is 12.2. The van der Waals surface area contributed by atoms with Crippen molar-refractivity contribution >= 4 is 17.6 Å². The van der Waals surface area contributed by atoms with Crippen LogP contribution in [-0.2, 0) is 13.0 Å². The molecule has 0 radical (unpaired) electrons. The maximum atomic E-state index is 14.4. The molecule has 3 rings (SSSR count). The van der Waals surface area contributed by atoms with Gasteiger partial charge in [0.15, 0.2) is 5.82 Å². The molecule has 0 saturated carbocycles. The molecule has 176 valence electrons. The number of aryl methyl sites for hydroxylation is 3. The highest BCUT2D eigenvalue weighted by Crippen LogP contribution is 2.23. The number of nitrogens with one attached hydrogen (secondary N) is 1. The summed E-state index contributed by atoms with van der Waals surface area (Å²) in [5.74, 6) is 0.995. The Hall–Kier alpha value is -3.14. The number of hydrogen-bond donors (Lipinski definition) is 1. The van der Waals surface area contributed by atoms with Gasteiger partial charge in [-0.15, -0.1) is 0 Å². The van der Waals surface area contributed by atoms with Gasteiger partial charge in [0.1, 0.15) is 5.82 Å². The molecular formula is C29H38FN3. The predicted octanol–water partition coefficient (Wildman–Crippen LogP) is 8.03. The summed E-state index contributed by atoms with van der Waals surface area (Å²) in [4.78, 5) is 0. The third kappa shape index (κ3) is 7.18. The average Bonchev–Trinajstić information content (AvgIpc) is 3.12. The van der Waals surface area contributed by atoms with E-state index in [1.165, 1.54) is 22.8 Å². The number of rotatable bonds is 9. The van der Waals surface area contributed by atoms with Gasteiger partial charge in [0, 0.05) is 23.0 Å². The molecular weight excluding hydrogens is 409 g/mol. The van der Waals surface area contributed by atoms with E-state index in [1.54, 1.807) is 12.1 Å². The molecule has 0 aliphatic heterocycles. The summed E-state index contributed by atoms with van der Waals surface area (Å²) >= 11 is 0. The quantitative estimate of drug-likeness (QED) is 0.360. The molecule has 2 aromatic carbocycles. The Kier molecular flexibility index (Phi) is 9.65. The van der Waals surface area contributed by atoms with Gasteiger partial charge in [-0.25, -0.2) is 4.39 Å². The lowest BCUT2D eigenvalue weighted by atomic mass is 9.97. The summed E-state index contributed by atoms with van der Waals surface area (Å²) in [5, 5.41) is 7.86. The third-order valence-electron chi connectivity index (χ3n) is 5.49. The zero-order chi connectivity index (χ0) is 24.5. The summed E-state index contributed by atoms with van der Waals surface area (Å²) in [6.45, 7) is 21.0. The zero-order valence-corrected chi connectivity index (χ0v) is 21.0. The maximum Gasteiger partial charge on any atom is 0.152 e. The SMILES string of the molecule is C=Cc1ccc(C(=C)Nc2cc(C)n(Cc3cc(C)ccc3CCC(C)C)n2)c(F)c1.CC. The summed E-state index contributed by atoms with van der Waals surface area (Å²) in [5.41, 5.74) is 6.59. The molecule has 0 amide bonds. The molecule has 0 atom stereocenters. The minimum absolute atomic E-state index is 0.333. The monoisotopic (exact) mass is 447 g/mol. The highest BCUT2D eigenvalue weighted by atomic mass is 19.1. The van der Waals surface area contributed by atoms with E-state index in [-0.39, 0.29) is 5.82 Å². The van der Waals surface area contributed by atoms with Crippen molar-refractivity contribution < 1.29 is 4.39 Å². The van der Waals surface area contributed by atoms with Crippen molar-refractivity contribution in [2.45, 2.75) is 60.9 Å². The van der Waals surface area contributed by atoms with Crippen LogP contribution in [0.5, 0.6) is 0 Å². The van der Waals surface area contributed by atoms with Crippen LogP contribution >= 0.6 is 0 Å². The molecule has 0 spiro atoms. The smallest absolute Gasteiger partial charge is 0.152 e. The van der Waals surface area contributed by atoms with Crippen molar-refractivity contribution in [1.82, 2.24) is 9.78 Å². The van der Waals surface area contributed by atoms with Crippen LogP contribution in [0.3, 0.4) is 0 Å². The van der Waals surface area contributed by atoms with Gasteiger partial charge in [0.05, 0.1) is 6.54 Å². The van der Waals surface area contributed by atoms with E-state index in [1.807, 2.05) is 37.6 Å². The summed E-state index contributed by atoms with van der Waals surface area (Å²) in [7, 11) is 0. The van der Waals surface area contributed by atoms with Crippen LogP contribution in [0, 0.1) is 25.6 Å². The van der Waals surface area contributed by atoms with Crippen molar-refractivity contribution in [3.8, 4) is 0 Å². The van der Waals surface area contributed by atoms with Gasteiger partial charge in [-0.1, -0.05) is 76.8 Å². The topological polar surface area (TPSA) is 29.9 Å². The van der Waals surface area contributed by atoms with Gasteiger partial charge in [0.2, 0.25) is 0 Å². The van der Waals surface area contributed by atoms with Crippen LogP contribution in [0.2, 0.25) is 0 Å². The van der Waals surface area contributed by atoms with Crippen molar-refractivity contribution in [3.63, 3.8) is 0 Å². The first-order valence-electron chi connectivity index (χ1n) is 11.8. The van der Waals surface area contributed by atoms with Crippen LogP contribution in [0.15, 0.2) is 55.6 Å². The van der Waals surface area contributed by atoms with E-state index in [0.717, 1.165) is 24.1 Å². The predicted molar refractivity (Wildman–Crippen MR) is 141 cm³/mol. The molecule has 0 unspecified atom stereocenters. The van der Waals surface area contributed by atoms with Crippen molar-refractivity contribution in [2.75, 3.05) is 5.32 Å². The molecule has 0 aliphatic rings. The van der Waals surface area contributed by atoms with E-state index in [4.69, 9.17) is 5.10 Å². The molecule has 0 fully saturated rings. The third-order valence-corrected chi connectivity index (χ3v) is 5.49. The van der Waals surface area contributed by atoms with E-state index in [0.29, 0.717) is 29.5 Å². The average molecular weight is 448 g/mol. The number of hydrogen-bond acceptors (Lipinski definition) is 2. The van der Waals surface area contributed by atoms with Crippen molar-refractivity contribution in [3.05, 3.63) is 95.0 Å². The molecule has 0 aliphatic carbocycles. The lowest BCUT2D eigenvalue weighted by Gasteiger charge is -2.13. The normalized spacial score (nSPS) is 10.5. The fourth-order valence-electron chi connectivity index (χ4n) is 3.61. The van der Waals surface area contributed by atoms with Crippen LogP contribution in [0.4, 0.5) is 10.2 Å². The van der Waals surface area contributed by atoms with Gasteiger partial charge in [-0.05, 0) is 61.4 Å². The molecule has 3 nitrogen and oxygen atoms in total. The van der Waals surface area contributed by atoms with Gasteiger partial charge >= 0.3 is 0 Å². The fourth-order valence-corrected chi connectivity index (χ4v) is 3.61. The first-order valence-corrected chi connectivity index (χ1v) is 11.8. The summed E-state index contributed by atoms with van der Waals surface area (Å²) < 4.78 is 16.4. The molecule has 0 saturated heterocycles. The Bertz CT molecular complexity index is 1090. The second-order valence-corrected chi connectivity index (χ2v) is 8.58. The van der Waals surface area contributed by atoms with E-state index in [9.17, 15) is 4.39 Å². The number of halogens is 1. The van der Waals surface area contributed by atoms with Crippen molar-refractivity contribution in [2.24, 2.45) is 5.92 Å². The largest absolute Gasteiger partial charge is 0.339 e. The Morgan fingerprint density at radius 3 is 2.45 bits per heavy atom. The van der Waals surface area contributed by atoms with Crippen LogP contribution in [0.25, 0.3) is 11.8 Å². The van der Waals surface area contributed by atoms with Crippen LogP contribution < -0.4 is 5.32 Å². The fraction of sp³-hybridized carbons (Fsp3) is 0.345. The molecule has 33 heavy (non-hydrogen) atoms. The Labute approximate surface area is 199 Å². The second-order valence-electron chi connectivity index (χ2n) is 8.58. The summed E-state index contributed by atoms with van der Waals surface area (Å²) in [6.07, 6.45) is 3.85. The lowest BCUT2D eigenvalue weighted by molar-refractivity contribution is 0.581. The van der Waals surface area contributed by atoms with E-state index in [2.05, 4.69) is 57.4 Å². The van der Waals surface area contributed by atoms with Gasteiger partial charge in [0.25, 0.3) is 0 Å². The minimum Gasteiger partial charge on any atom is -0.339 e. The van der Waals surface area contributed by atoms with Gasteiger partial charge < -0.3 is 5.32 Å². The molecule has 1 aromatic heterocycles. The van der Waals surface area contributed by atoms with Crippen LogP contribution in [-0.4, -0.2) is 9.78 Å². The summed E-state index contributed by atoms with van der Waals surface area (Å²) in [6, 6.07) is 13.6. The Balaban J connectivity index is 0.00000187. The molecule has 1 heterocycles. The highest BCUT2D eigenvalue weighted by molar-refractivity contribution is 5.74. The highest BCUT2D eigenvalue weighted by Gasteiger charge is 2.12. The zero-order valence-electron chi connectivity index (χ0n) is 21.0. The molecule has 1 N–H and O–H groups in total. The standard InChI is InChI=1S/C27H32FN3.C2H6/c1-7-22-10-13-25(26(28)16-22)21(6)29-27-15-20(5)31(30-27)17-24-14-19(4)9-12-23(24)11-8-18(2)3;1-2/h7,9-10,12-16,18H,1,6,8,11,17H2,2-5H3,(H,29,30);1-2H3. The Morgan fingerprint density at radius 2 is 1.82 bits per heavy atom. The van der Waals surface area contributed by atoms with Gasteiger partial charge in [-0.3, -0.25) is 4.68 Å². The lowest BCUT2D eigenvalue weighted by Crippen LogP contribution is -2.08. The van der Waals surface area contributed by atoms with Crippen LogP contribution in [0.1, 0.15) is 67.6 Å². The van der Waals surface area contributed by atoms with E-state index < -0.39 is 0 Å². The van der Waals surface area contributed by atoms with E-state index >= 15 is 0 Å². The molecule has 0 bridgehead atoms. The number of nitrogens with zero attached hydrogens (tertiary/aromatic N) is 2. The minimum atomic E-state index is -0.333. The van der Waals surface area contributed by atoms with Crippen molar-refractivity contribution in [1.29, 1.82) is 0 Å².